The van der Waals surface area contributed by atoms with Crippen LogP contribution in [0.25, 0.3) is 0 Å². The Kier molecular flexibility index (Phi) is 67.9. The van der Waals surface area contributed by atoms with Crippen molar-refractivity contribution in [2.75, 3.05) is 0 Å². The Morgan fingerprint density at radius 3 is 0.711 bits per heavy atom. The van der Waals surface area contributed by atoms with Crippen molar-refractivity contribution in [1.29, 1.82) is 0 Å². The molecule has 0 bridgehead atoms. The van der Waals surface area contributed by atoms with Crippen LogP contribution in [0.2, 0.25) is 0 Å². The van der Waals surface area contributed by atoms with Crippen molar-refractivity contribution in [2.24, 2.45) is 115 Å². The summed E-state index contributed by atoms with van der Waals surface area (Å²) in [6, 6.07) is 0. The Morgan fingerprint density at radius 1 is 0.333 bits per heavy atom. The van der Waals surface area contributed by atoms with Gasteiger partial charge in [-0.05, 0) is 147 Å². The molecule has 4 unspecified atom stereocenters. The van der Waals surface area contributed by atoms with Gasteiger partial charge in [-0.25, -0.2) is 0 Å². The fourth-order valence-corrected chi connectivity index (χ4v) is 12.1. The largest absolute Gasteiger partial charge is 0.0683 e. The lowest BCUT2D eigenvalue weighted by Crippen LogP contribution is -2.24. The summed E-state index contributed by atoms with van der Waals surface area (Å²) >= 11 is 0. The molecule has 0 radical (unpaired) electrons. The Hall–Kier alpha value is 0. The molecule has 0 aromatic heterocycles. The first-order valence-electron chi connectivity index (χ1n) is 41.2. The van der Waals surface area contributed by atoms with Crippen LogP contribution in [-0.4, -0.2) is 0 Å². The van der Waals surface area contributed by atoms with Gasteiger partial charge in [-0.1, -0.05) is 437 Å². The second-order valence-electron chi connectivity index (χ2n) is 38.1. The Morgan fingerprint density at radius 2 is 0.589 bits per heavy atom. The highest BCUT2D eigenvalue weighted by Crippen LogP contribution is 2.53. The number of hydrogen-bond donors (Lipinski definition) is 0. The SMILES string of the molecule is CC.CC.CC(C)(C)C.CC(C)C.CC1C(C)(C)CCC1(C)C.CC1CCC(C)(C)CC1.CC1CCC(C)C1C.CC1CCCC1.CC1CCCCC1.CC1CCCC[C@H]1C.CC1CCC[C@H]1C.CCC.CCC(C)(C)C.CCC(C)C.C[C@@H]1CCCC1(C)C. The van der Waals surface area contributed by atoms with Gasteiger partial charge in [0.15, 0.2) is 0 Å². The molecule has 0 N–H and O–H groups in total. The highest BCUT2D eigenvalue weighted by atomic mass is 14.5. The molecule has 8 aliphatic rings. The van der Waals surface area contributed by atoms with Crippen molar-refractivity contribution in [2.45, 2.75) is 470 Å². The molecule has 0 spiro atoms. The molecule has 8 rings (SSSR count). The van der Waals surface area contributed by atoms with Crippen molar-refractivity contribution in [3.05, 3.63) is 0 Å². The standard InChI is InChI=1S/C10H20.C9H18.3C8H16.2C7H14.C6H12.C6H14.2C5H12.C4H10.C3H8.2C2H6/c1-8-9(2,3)6-7-10(8,4)5;1-8-4-6-9(2,3)7-5-8;1-7-5-4-6-8(7,2)3;1-6-4-5-7(2)8(6)3;1-7-5-3-4-6-8(7)2;1-6-4-3-5-7(6)2;1-7-5-3-2-4-6-7;1-6-4-2-3-5-6;1-5-6(2,3)4;1-5(2,3)4;1-4-5(2)3;1-4(2)3;1-3-2;2*1-2/h8H,6-7H2,1-5H3;8H,4-7H2,1-3H3;7H,4-6H2,1-3H3;6-8H,4-5H2,1-3H3;7-8H,3-6H2,1-2H3;6-7H,3-5H2,1-2H3;7H,2-6H2,1H3;6H,2-5H2,1H3;5H2,1-4H3;1-4H3;5H,4H2,1-3H3;4H,1-3H3;3H2,1-2H3;2*1-2H3/t;;7-;;7-,8?;6-,7?;;;;;;;;;/m..1.11........./s1. The zero-order chi connectivity index (χ0) is 72.3. The molecule has 0 heterocycles. The average Bonchev–Trinajstić information content (AvgIpc) is 2.22. The minimum absolute atomic E-state index is 0.500. The van der Waals surface area contributed by atoms with E-state index in [4.69, 9.17) is 0 Å². The highest BCUT2D eigenvalue weighted by molar-refractivity contribution is 4.93. The van der Waals surface area contributed by atoms with E-state index >= 15 is 0 Å². The maximum atomic E-state index is 2.40. The topological polar surface area (TPSA) is 0 Å². The van der Waals surface area contributed by atoms with E-state index in [2.05, 4.69) is 249 Å². The summed E-state index contributed by atoms with van der Waals surface area (Å²) in [6.07, 6.45) is 43.4. The number of rotatable bonds is 1. The van der Waals surface area contributed by atoms with Gasteiger partial charge < -0.3 is 0 Å². The van der Waals surface area contributed by atoms with Crippen molar-refractivity contribution < 1.29 is 0 Å². The van der Waals surface area contributed by atoms with E-state index in [1.165, 1.54) is 193 Å². The van der Waals surface area contributed by atoms with Crippen molar-refractivity contribution in [3.63, 3.8) is 0 Å². The summed E-state index contributed by atoms with van der Waals surface area (Å²) in [5, 5.41) is 0. The maximum Gasteiger partial charge on any atom is -0.0323 e. The number of hydrogen-bond acceptors (Lipinski definition) is 0. The van der Waals surface area contributed by atoms with Crippen LogP contribution >= 0.6 is 0 Å². The first kappa shape index (κ1) is 103. The third-order valence-corrected chi connectivity index (χ3v) is 22.3. The molecule has 554 valence electrons. The van der Waals surface area contributed by atoms with Crippen LogP contribution in [0.15, 0.2) is 0 Å². The van der Waals surface area contributed by atoms with Gasteiger partial charge in [0.2, 0.25) is 0 Å². The van der Waals surface area contributed by atoms with Gasteiger partial charge in [-0.15, -0.1) is 0 Å². The minimum Gasteiger partial charge on any atom is -0.0683 e. The van der Waals surface area contributed by atoms with Gasteiger partial charge in [-0.2, -0.15) is 0 Å². The van der Waals surface area contributed by atoms with E-state index in [1.807, 2.05) is 27.7 Å². The van der Waals surface area contributed by atoms with Crippen LogP contribution in [0.4, 0.5) is 0 Å². The second kappa shape index (κ2) is 59.1. The van der Waals surface area contributed by atoms with Gasteiger partial charge in [0.1, 0.15) is 0 Å². The van der Waals surface area contributed by atoms with Crippen molar-refractivity contribution >= 4 is 0 Å². The molecule has 8 saturated carbocycles. The second-order valence-corrected chi connectivity index (χ2v) is 38.1. The zero-order valence-corrected chi connectivity index (χ0v) is 72.3. The molecule has 0 nitrogen and oxygen atoms in total. The third-order valence-electron chi connectivity index (χ3n) is 22.3. The Labute approximate surface area is 581 Å². The van der Waals surface area contributed by atoms with Crippen molar-refractivity contribution in [1.82, 2.24) is 0 Å². The molecule has 0 amide bonds. The normalized spacial score (nSPS) is 26.9. The van der Waals surface area contributed by atoms with Crippen LogP contribution in [0.3, 0.4) is 0 Å². The Balaban J connectivity index is -0.000000167. The molecule has 8 fully saturated rings. The molecular weight excluding hydrogens is 1080 g/mol. The molecule has 0 saturated heterocycles. The van der Waals surface area contributed by atoms with Gasteiger partial charge in [0, 0.05) is 0 Å². The molecule has 0 aromatic carbocycles. The monoisotopic (exact) mass is 1280 g/mol. The fraction of sp³-hybridized carbons (Fsp3) is 1.00. The fourth-order valence-electron chi connectivity index (χ4n) is 12.1. The summed E-state index contributed by atoms with van der Waals surface area (Å²) in [6.45, 7) is 90.6. The van der Waals surface area contributed by atoms with E-state index in [0.29, 0.717) is 32.5 Å². The van der Waals surface area contributed by atoms with Crippen molar-refractivity contribution in [3.8, 4) is 0 Å². The first-order chi connectivity index (χ1) is 41.2. The van der Waals surface area contributed by atoms with Gasteiger partial charge in [0.25, 0.3) is 0 Å². The van der Waals surface area contributed by atoms with Gasteiger partial charge in [0.05, 0.1) is 0 Å². The highest BCUT2D eigenvalue weighted by Gasteiger charge is 2.43. The van der Waals surface area contributed by atoms with E-state index in [1.54, 1.807) is 0 Å². The average molecular weight is 1280 g/mol. The molecule has 7 atom stereocenters. The van der Waals surface area contributed by atoms with E-state index in [-0.39, 0.29) is 0 Å². The molecule has 0 heteroatoms. The van der Waals surface area contributed by atoms with Crippen LogP contribution in [0, 0.1) is 115 Å². The predicted octanol–water partition coefficient (Wildman–Crippen LogP) is 33.9. The van der Waals surface area contributed by atoms with E-state index < -0.39 is 0 Å². The summed E-state index contributed by atoms with van der Waals surface area (Å²) < 4.78 is 0. The van der Waals surface area contributed by atoms with E-state index in [9.17, 15) is 0 Å². The molecule has 0 aromatic rings. The summed E-state index contributed by atoms with van der Waals surface area (Å²) in [7, 11) is 0. The smallest absolute Gasteiger partial charge is 0.0323 e. The van der Waals surface area contributed by atoms with Gasteiger partial charge in [-0.3, -0.25) is 0 Å². The Bertz CT molecular complexity index is 1340. The molecule has 0 aliphatic heterocycles. The first-order valence-corrected chi connectivity index (χ1v) is 41.2. The third kappa shape index (κ3) is 69.4. The van der Waals surface area contributed by atoms with Crippen LogP contribution in [-0.2, 0) is 0 Å². The summed E-state index contributed by atoms with van der Waals surface area (Å²) in [5.74, 6) is 13.6. The lowest BCUT2D eigenvalue weighted by Gasteiger charge is -2.32. The lowest BCUT2D eigenvalue weighted by molar-refractivity contribution is 0.179. The van der Waals surface area contributed by atoms with Gasteiger partial charge >= 0.3 is 0 Å². The quantitative estimate of drug-likeness (QED) is 0.245. The zero-order valence-electron chi connectivity index (χ0n) is 72.3. The van der Waals surface area contributed by atoms with E-state index in [0.717, 1.165) is 82.9 Å². The minimum atomic E-state index is 0.500. The van der Waals surface area contributed by atoms with Crippen LogP contribution in [0.5, 0.6) is 0 Å². The molecular formula is C90H194. The van der Waals surface area contributed by atoms with Crippen LogP contribution in [0.1, 0.15) is 470 Å². The summed E-state index contributed by atoms with van der Waals surface area (Å²) in [4.78, 5) is 0. The maximum absolute atomic E-state index is 2.40. The predicted molar refractivity (Wildman–Crippen MR) is 429 cm³/mol. The van der Waals surface area contributed by atoms with Crippen LogP contribution < -0.4 is 0 Å². The molecule has 8 aliphatic carbocycles. The summed E-state index contributed by atoms with van der Waals surface area (Å²) in [5.41, 5.74) is 3.53. The lowest BCUT2D eigenvalue weighted by atomic mass is 9.74. The molecule has 90 heavy (non-hydrogen) atoms.